The molecule has 0 aliphatic carbocycles. The molecule has 1 fully saturated rings. The first-order valence-electron chi connectivity index (χ1n) is 9.38. The Kier molecular flexibility index (Phi) is 5.41. The Morgan fingerprint density at radius 2 is 2.07 bits per heavy atom. The summed E-state index contributed by atoms with van der Waals surface area (Å²) in [5.74, 6) is 0.644. The van der Waals surface area contributed by atoms with Gasteiger partial charge < -0.3 is 14.2 Å². The van der Waals surface area contributed by atoms with Crippen LogP contribution >= 0.6 is 0 Å². The molecule has 0 bridgehead atoms. The van der Waals surface area contributed by atoms with Crippen LogP contribution in [0, 0.1) is 12.7 Å². The molecule has 1 aliphatic heterocycles. The van der Waals surface area contributed by atoms with E-state index in [2.05, 4.69) is 19.9 Å². The Balaban J connectivity index is 1.60. The van der Waals surface area contributed by atoms with E-state index in [1.807, 2.05) is 6.92 Å². The zero-order valence-corrected chi connectivity index (χ0v) is 16.8. The van der Waals surface area contributed by atoms with Crippen molar-refractivity contribution in [2.75, 3.05) is 25.1 Å². The summed E-state index contributed by atoms with van der Waals surface area (Å²) in [6.45, 7) is 3.59. The molecule has 0 saturated carbocycles. The first-order valence-corrected chi connectivity index (χ1v) is 10.7. The topological polar surface area (TPSA) is 77.1 Å². The number of aromatic nitrogens is 3. The van der Waals surface area contributed by atoms with Gasteiger partial charge in [0.15, 0.2) is 5.75 Å². The van der Waals surface area contributed by atoms with Gasteiger partial charge in [0.05, 0.1) is 29.5 Å². The molecular weight excluding hydrogens is 379 g/mol. The number of fused-ring (bicyclic) bond motifs is 1. The minimum atomic E-state index is -1.43. The lowest BCUT2D eigenvalue weighted by molar-refractivity contribution is 0.410. The number of aromatic amines is 1. The molecule has 8 heteroatoms. The maximum Gasteiger partial charge on any atom is 0.322 e. The number of imidazole rings is 1. The molecule has 1 atom stereocenters. The smallest absolute Gasteiger partial charge is 0.322 e. The summed E-state index contributed by atoms with van der Waals surface area (Å²) in [7, 11) is 1.59. The molecule has 1 aliphatic rings. The van der Waals surface area contributed by atoms with Gasteiger partial charge in [-0.05, 0) is 38.3 Å². The first kappa shape index (κ1) is 19.0. The van der Waals surface area contributed by atoms with Crippen LogP contribution in [0.15, 0.2) is 29.6 Å². The third-order valence-corrected chi connectivity index (χ3v) is 6.35. The third-order valence-electron chi connectivity index (χ3n) is 5.19. The van der Waals surface area contributed by atoms with Crippen molar-refractivity contribution in [3.63, 3.8) is 0 Å². The fourth-order valence-electron chi connectivity index (χ4n) is 3.60. The number of hydrogen-bond donors (Lipinski definition) is 1. The van der Waals surface area contributed by atoms with E-state index in [1.165, 1.54) is 12.5 Å². The standard InChI is InChI=1S/C20H23FN4O2S/c1-13-17(22-7-6-19(13)27-2)12-28(26)20-23-15-10-14(21)18(11-16(15)24-20)25-8-4-3-5-9-25/h6-7,10-11H,3-5,8-9,12H2,1-2H3,(H,23,24). The quantitative estimate of drug-likeness (QED) is 0.659. The molecule has 6 nitrogen and oxygen atoms in total. The van der Waals surface area contributed by atoms with Gasteiger partial charge in [0.1, 0.15) is 11.6 Å². The number of H-pyrrole nitrogens is 1. The summed E-state index contributed by atoms with van der Waals surface area (Å²) in [6, 6.07) is 4.97. The third kappa shape index (κ3) is 3.66. The number of anilines is 1. The SMILES string of the molecule is COc1ccnc(C[S+]([O-])c2nc3cc(N4CCCCC4)c(F)cc3[nH]2)c1C. The van der Waals surface area contributed by atoms with Crippen LogP contribution in [0.3, 0.4) is 0 Å². The maximum absolute atomic E-state index is 14.6. The lowest BCUT2D eigenvalue weighted by Gasteiger charge is -2.29. The lowest BCUT2D eigenvalue weighted by Crippen LogP contribution is -2.30. The number of halogens is 1. The number of piperidine rings is 1. The van der Waals surface area contributed by atoms with E-state index >= 15 is 0 Å². The van der Waals surface area contributed by atoms with Gasteiger partial charge in [-0.15, -0.1) is 0 Å². The predicted octanol–water partition coefficient (Wildman–Crippen LogP) is 3.71. The van der Waals surface area contributed by atoms with Gasteiger partial charge in [-0.3, -0.25) is 9.97 Å². The molecule has 1 unspecified atom stereocenters. The Morgan fingerprint density at radius 1 is 1.29 bits per heavy atom. The van der Waals surface area contributed by atoms with E-state index in [0.717, 1.165) is 31.5 Å². The van der Waals surface area contributed by atoms with Gasteiger partial charge in [-0.2, -0.15) is 4.98 Å². The highest BCUT2D eigenvalue weighted by molar-refractivity contribution is 7.90. The van der Waals surface area contributed by atoms with Crippen molar-refractivity contribution in [2.45, 2.75) is 37.1 Å². The molecule has 0 amide bonds. The van der Waals surface area contributed by atoms with Crippen molar-refractivity contribution in [3.05, 3.63) is 41.5 Å². The number of hydrogen-bond acceptors (Lipinski definition) is 5. The van der Waals surface area contributed by atoms with Crippen LogP contribution in [0.4, 0.5) is 10.1 Å². The minimum Gasteiger partial charge on any atom is -0.609 e. The number of nitrogens with one attached hydrogen (secondary N) is 1. The number of methoxy groups -OCH3 is 1. The molecular formula is C20H23FN4O2S. The second-order valence-corrected chi connectivity index (χ2v) is 8.35. The molecule has 1 aromatic carbocycles. The maximum atomic E-state index is 14.6. The van der Waals surface area contributed by atoms with E-state index in [4.69, 9.17) is 4.74 Å². The average Bonchev–Trinajstić information content (AvgIpc) is 3.12. The second-order valence-electron chi connectivity index (χ2n) is 6.99. The van der Waals surface area contributed by atoms with Crippen molar-refractivity contribution in [3.8, 4) is 5.75 Å². The van der Waals surface area contributed by atoms with Crippen molar-refractivity contribution in [1.82, 2.24) is 15.0 Å². The first-order chi connectivity index (χ1) is 13.6. The van der Waals surface area contributed by atoms with E-state index in [-0.39, 0.29) is 11.6 Å². The zero-order chi connectivity index (χ0) is 19.7. The molecule has 0 spiro atoms. The van der Waals surface area contributed by atoms with Gasteiger partial charge in [0, 0.05) is 42.1 Å². The predicted molar refractivity (Wildman–Crippen MR) is 108 cm³/mol. The highest BCUT2D eigenvalue weighted by Crippen LogP contribution is 2.29. The molecule has 148 valence electrons. The van der Waals surface area contributed by atoms with E-state index in [0.29, 0.717) is 33.3 Å². The molecule has 1 saturated heterocycles. The van der Waals surface area contributed by atoms with Crippen molar-refractivity contribution in [2.24, 2.45) is 0 Å². The van der Waals surface area contributed by atoms with E-state index < -0.39 is 11.2 Å². The largest absolute Gasteiger partial charge is 0.609 e. The summed E-state index contributed by atoms with van der Waals surface area (Å²) < 4.78 is 32.7. The summed E-state index contributed by atoms with van der Waals surface area (Å²) in [5, 5.41) is 0.328. The van der Waals surface area contributed by atoms with Crippen molar-refractivity contribution >= 4 is 27.9 Å². The summed E-state index contributed by atoms with van der Waals surface area (Å²) >= 11 is -1.43. The van der Waals surface area contributed by atoms with Crippen molar-refractivity contribution in [1.29, 1.82) is 0 Å². The van der Waals surface area contributed by atoms with Crippen molar-refractivity contribution < 1.29 is 13.7 Å². The molecule has 1 N–H and O–H groups in total. The van der Waals surface area contributed by atoms with Crippen LogP contribution in [0.2, 0.25) is 0 Å². The normalized spacial score (nSPS) is 15.8. The van der Waals surface area contributed by atoms with Crippen LogP contribution in [0.5, 0.6) is 5.75 Å². The van der Waals surface area contributed by atoms with Gasteiger partial charge in [-0.25, -0.2) is 4.39 Å². The Morgan fingerprint density at radius 3 is 2.82 bits per heavy atom. The summed E-state index contributed by atoms with van der Waals surface area (Å²) in [5.41, 5.74) is 3.30. The molecule has 0 radical (unpaired) electrons. The Bertz CT molecular complexity index is 988. The number of benzene rings is 1. The Labute approximate surface area is 166 Å². The minimum absolute atomic E-state index is 0.213. The summed E-state index contributed by atoms with van der Waals surface area (Å²) in [6.07, 6.45) is 4.96. The zero-order valence-electron chi connectivity index (χ0n) is 16.0. The van der Waals surface area contributed by atoms with Gasteiger partial charge in [0.25, 0.3) is 0 Å². The highest BCUT2D eigenvalue weighted by Gasteiger charge is 2.22. The van der Waals surface area contributed by atoms with Crippen LogP contribution in [-0.2, 0) is 16.9 Å². The van der Waals surface area contributed by atoms with Crippen LogP contribution in [0.1, 0.15) is 30.5 Å². The monoisotopic (exact) mass is 402 g/mol. The van der Waals surface area contributed by atoms with Gasteiger partial charge in [-0.1, -0.05) is 0 Å². The number of nitrogens with zero attached hydrogens (tertiary/aromatic N) is 3. The fraction of sp³-hybridized carbons (Fsp3) is 0.400. The van der Waals surface area contributed by atoms with E-state index in [1.54, 1.807) is 25.4 Å². The molecule has 2 aromatic heterocycles. The lowest BCUT2D eigenvalue weighted by atomic mass is 10.1. The molecule has 3 aromatic rings. The summed E-state index contributed by atoms with van der Waals surface area (Å²) in [4.78, 5) is 13.9. The van der Waals surface area contributed by atoms with E-state index in [9.17, 15) is 8.94 Å². The fourth-order valence-corrected chi connectivity index (χ4v) is 4.70. The number of rotatable bonds is 5. The van der Waals surface area contributed by atoms with Crippen LogP contribution < -0.4 is 9.64 Å². The molecule has 28 heavy (non-hydrogen) atoms. The second kappa shape index (κ2) is 7.97. The molecule has 3 heterocycles. The highest BCUT2D eigenvalue weighted by atomic mass is 32.2. The van der Waals surface area contributed by atoms with Crippen LogP contribution in [-0.4, -0.2) is 39.7 Å². The van der Waals surface area contributed by atoms with Gasteiger partial charge in [0.2, 0.25) is 0 Å². The number of ether oxygens (including phenoxy) is 1. The Hall–Kier alpha value is -2.32. The average molecular weight is 402 g/mol. The van der Waals surface area contributed by atoms with Crippen LogP contribution in [0.25, 0.3) is 11.0 Å². The number of pyridine rings is 1. The van der Waals surface area contributed by atoms with Gasteiger partial charge >= 0.3 is 5.16 Å². The molecule has 4 rings (SSSR count).